The van der Waals surface area contributed by atoms with Crippen LogP contribution in [0.5, 0.6) is 0 Å². The molecule has 0 amide bonds. The van der Waals surface area contributed by atoms with E-state index in [2.05, 4.69) is 44.4 Å². The Hall–Kier alpha value is -0.290. The fraction of sp³-hybridized carbons (Fsp3) is 0.600. The predicted molar refractivity (Wildman–Crippen MR) is 70.6 cm³/mol. The molecule has 1 aromatic heterocycles. The normalized spacial score (nSPS) is 12.5. The van der Waals surface area contributed by atoms with Crippen molar-refractivity contribution in [2.45, 2.75) is 26.3 Å². The quantitative estimate of drug-likeness (QED) is 0.846. The number of rotatable bonds is 5. The summed E-state index contributed by atoms with van der Waals surface area (Å²) in [6.07, 6.45) is 3.22. The van der Waals surface area contributed by atoms with E-state index in [1.807, 2.05) is 24.8 Å². The molecule has 0 saturated heterocycles. The van der Waals surface area contributed by atoms with Gasteiger partial charge in [0.1, 0.15) is 16.2 Å². The number of aryl methyl sites for hydroxylation is 1. The van der Waals surface area contributed by atoms with Crippen LogP contribution in [0.1, 0.15) is 19.2 Å². The van der Waals surface area contributed by atoms with E-state index in [0.717, 1.165) is 28.4 Å². The van der Waals surface area contributed by atoms with Gasteiger partial charge in [-0.3, -0.25) is 0 Å². The maximum Gasteiger partial charge on any atom is 0.131 e. The fourth-order valence-corrected chi connectivity index (χ4v) is 2.47. The Balaban J connectivity index is 2.69. The van der Waals surface area contributed by atoms with Crippen LogP contribution in [0.3, 0.4) is 0 Å². The van der Waals surface area contributed by atoms with Gasteiger partial charge in [0.15, 0.2) is 0 Å². The van der Waals surface area contributed by atoms with Gasteiger partial charge in [0.2, 0.25) is 0 Å². The van der Waals surface area contributed by atoms with Gasteiger partial charge in [-0.15, -0.1) is 0 Å². The second kappa shape index (κ2) is 6.33. The first kappa shape index (κ1) is 12.8. The summed E-state index contributed by atoms with van der Waals surface area (Å²) >= 11 is 5.21. The average Bonchev–Trinajstić information content (AvgIpc) is 2.15. The van der Waals surface area contributed by atoms with E-state index >= 15 is 0 Å². The molecule has 0 bridgehead atoms. The first-order chi connectivity index (χ1) is 7.15. The Morgan fingerprint density at radius 1 is 1.53 bits per heavy atom. The summed E-state index contributed by atoms with van der Waals surface area (Å²) in [5.74, 6) is 2.78. The molecule has 1 unspecified atom stereocenters. The van der Waals surface area contributed by atoms with Crippen LogP contribution >= 0.6 is 27.7 Å². The van der Waals surface area contributed by atoms with Gasteiger partial charge in [-0.1, -0.05) is 6.92 Å². The van der Waals surface area contributed by atoms with E-state index < -0.39 is 0 Å². The van der Waals surface area contributed by atoms with E-state index in [1.54, 1.807) is 0 Å². The second-order valence-electron chi connectivity index (χ2n) is 3.33. The van der Waals surface area contributed by atoms with Gasteiger partial charge in [-0.25, -0.2) is 9.97 Å². The van der Waals surface area contributed by atoms with Crippen molar-refractivity contribution in [1.82, 2.24) is 9.97 Å². The molecule has 0 spiro atoms. The zero-order valence-corrected chi connectivity index (χ0v) is 11.7. The summed E-state index contributed by atoms with van der Waals surface area (Å²) in [5.41, 5.74) is 0. The van der Waals surface area contributed by atoms with Gasteiger partial charge in [-0.2, -0.15) is 11.8 Å². The van der Waals surface area contributed by atoms with Crippen LogP contribution in [0.15, 0.2) is 10.7 Å². The van der Waals surface area contributed by atoms with Crippen molar-refractivity contribution in [2.24, 2.45) is 0 Å². The van der Waals surface area contributed by atoms with Gasteiger partial charge in [-0.05, 0) is 35.5 Å². The third kappa shape index (κ3) is 4.38. The van der Waals surface area contributed by atoms with E-state index in [0.29, 0.717) is 6.04 Å². The Morgan fingerprint density at radius 3 is 2.80 bits per heavy atom. The molecule has 1 aromatic rings. The maximum absolute atomic E-state index is 4.34. The van der Waals surface area contributed by atoms with Crippen molar-refractivity contribution in [1.29, 1.82) is 0 Å². The largest absolute Gasteiger partial charge is 0.366 e. The third-order valence-electron chi connectivity index (χ3n) is 2.02. The molecule has 0 radical (unpaired) electrons. The van der Waals surface area contributed by atoms with Crippen molar-refractivity contribution in [3.8, 4) is 0 Å². The van der Waals surface area contributed by atoms with Crippen LogP contribution in [-0.4, -0.2) is 28.0 Å². The summed E-state index contributed by atoms with van der Waals surface area (Å²) < 4.78 is 0.830. The first-order valence-electron chi connectivity index (χ1n) is 4.92. The molecule has 0 aliphatic carbocycles. The first-order valence-corrected chi connectivity index (χ1v) is 7.11. The SMILES string of the molecule is CCC(CSC)Nc1cc(Br)nc(C)n1. The summed E-state index contributed by atoms with van der Waals surface area (Å²) in [6.45, 7) is 4.07. The Kier molecular flexibility index (Phi) is 5.39. The molecule has 0 aromatic carbocycles. The molecule has 0 aliphatic heterocycles. The molecule has 1 rings (SSSR count). The molecule has 0 aliphatic rings. The van der Waals surface area contributed by atoms with Crippen molar-refractivity contribution in [3.05, 3.63) is 16.5 Å². The van der Waals surface area contributed by atoms with Gasteiger partial charge < -0.3 is 5.32 Å². The number of aromatic nitrogens is 2. The Labute approximate surface area is 104 Å². The van der Waals surface area contributed by atoms with Crippen LogP contribution in [0, 0.1) is 6.92 Å². The Bertz CT molecular complexity index is 299. The number of nitrogens with zero attached hydrogens (tertiary/aromatic N) is 2. The van der Waals surface area contributed by atoms with Gasteiger partial charge in [0, 0.05) is 17.9 Å². The molecule has 1 heterocycles. The standard InChI is InChI=1S/C10H16BrN3S/c1-4-8(6-15-3)14-10-5-9(11)12-7(2)13-10/h5,8H,4,6H2,1-3H3,(H,12,13,14). The van der Waals surface area contributed by atoms with Crippen molar-refractivity contribution < 1.29 is 0 Å². The van der Waals surface area contributed by atoms with Gasteiger partial charge in [0.25, 0.3) is 0 Å². The van der Waals surface area contributed by atoms with Crippen LogP contribution in [-0.2, 0) is 0 Å². The van der Waals surface area contributed by atoms with Gasteiger partial charge >= 0.3 is 0 Å². The molecular formula is C10H16BrN3S. The molecule has 0 saturated carbocycles. The van der Waals surface area contributed by atoms with Gasteiger partial charge in [0.05, 0.1) is 0 Å². The lowest BCUT2D eigenvalue weighted by Gasteiger charge is -2.16. The molecule has 84 valence electrons. The van der Waals surface area contributed by atoms with Crippen LogP contribution in [0.4, 0.5) is 5.82 Å². The number of hydrogen-bond donors (Lipinski definition) is 1. The zero-order valence-electron chi connectivity index (χ0n) is 9.25. The van der Waals surface area contributed by atoms with Crippen LogP contribution in [0.2, 0.25) is 0 Å². The smallest absolute Gasteiger partial charge is 0.131 e. The highest BCUT2D eigenvalue weighted by atomic mass is 79.9. The van der Waals surface area contributed by atoms with Crippen LogP contribution in [0.25, 0.3) is 0 Å². The lowest BCUT2D eigenvalue weighted by atomic mass is 10.2. The minimum atomic E-state index is 0.473. The lowest BCUT2D eigenvalue weighted by Crippen LogP contribution is -2.22. The number of nitrogens with one attached hydrogen (secondary N) is 1. The lowest BCUT2D eigenvalue weighted by molar-refractivity contribution is 0.767. The average molecular weight is 290 g/mol. The van der Waals surface area contributed by atoms with E-state index in [4.69, 9.17) is 0 Å². The summed E-state index contributed by atoms with van der Waals surface area (Å²) in [5, 5.41) is 3.41. The molecule has 1 atom stereocenters. The molecule has 15 heavy (non-hydrogen) atoms. The maximum atomic E-state index is 4.34. The number of halogens is 1. The zero-order chi connectivity index (χ0) is 11.3. The minimum absolute atomic E-state index is 0.473. The van der Waals surface area contributed by atoms with Crippen molar-refractivity contribution >= 4 is 33.5 Å². The van der Waals surface area contributed by atoms with Crippen molar-refractivity contribution in [3.63, 3.8) is 0 Å². The molecule has 0 fully saturated rings. The van der Waals surface area contributed by atoms with Crippen LogP contribution < -0.4 is 5.32 Å². The molecular weight excluding hydrogens is 274 g/mol. The summed E-state index contributed by atoms with van der Waals surface area (Å²) in [7, 11) is 0. The van der Waals surface area contributed by atoms with E-state index in [1.165, 1.54) is 0 Å². The predicted octanol–water partition coefficient (Wildman–Crippen LogP) is 3.10. The van der Waals surface area contributed by atoms with E-state index in [-0.39, 0.29) is 0 Å². The number of thioether (sulfide) groups is 1. The molecule has 3 nitrogen and oxygen atoms in total. The Morgan fingerprint density at radius 2 is 2.27 bits per heavy atom. The molecule has 1 N–H and O–H groups in total. The second-order valence-corrected chi connectivity index (χ2v) is 5.05. The number of anilines is 1. The summed E-state index contributed by atoms with van der Waals surface area (Å²) in [4.78, 5) is 8.52. The highest BCUT2D eigenvalue weighted by Crippen LogP contribution is 2.14. The van der Waals surface area contributed by atoms with E-state index in [9.17, 15) is 0 Å². The fourth-order valence-electron chi connectivity index (χ4n) is 1.28. The van der Waals surface area contributed by atoms with Crippen molar-refractivity contribution in [2.75, 3.05) is 17.3 Å². The highest BCUT2D eigenvalue weighted by molar-refractivity contribution is 9.10. The minimum Gasteiger partial charge on any atom is -0.366 e. The topological polar surface area (TPSA) is 37.8 Å². The third-order valence-corrected chi connectivity index (χ3v) is 3.16. The molecule has 5 heteroatoms. The monoisotopic (exact) mass is 289 g/mol. The number of hydrogen-bond acceptors (Lipinski definition) is 4. The highest BCUT2D eigenvalue weighted by Gasteiger charge is 2.07. The summed E-state index contributed by atoms with van der Waals surface area (Å²) in [6, 6.07) is 2.39.